The van der Waals surface area contributed by atoms with Gasteiger partial charge in [0.25, 0.3) is 11.8 Å². The van der Waals surface area contributed by atoms with E-state index in [-0.39, 0.29) is 12.5 Å². The van der Waals surface area contributed by atoms with Gasteiger partial charge in [0.15, 0.2) is 18.1 Å². The summed E-state index contributed by atoms with van der Waals surface area (Å²) in [5.74, 6) is -0.153. The molecule has 0 aliphatic rings. The third kappa shape index (κ3) is 4.80. The summed E-state index contributed by atoms with van der Waals surface area (Å²) < 4.78 is 10.4. The highest BCUT2D eigenvalue weighted by Crippen LogP contribution is 2.27. The van der Waals surface area contributed by atoms with Crippen molar-refractivity contribution in [2.75, 3.05) is 13.7 Å². The molecule has 3 N–H and O–H groups in total. The molecule has 0 aliphatic heterocycles. The van der Waals surface area contributed by atoms with Crippen LogP contribution in [0.3, 0.4) is 0 Å². The molecule has 2 aromatic rings. The number of primary amides is 1. The van der Waals surface area contributed by atoms with Gasteiger partial charge in [0, 0.05) is 12.4 Å². The predicted molar refractivity (Wildman–Crippen MR) is 87.0 cm³/mol. The lowest BCUT2D eigenvalue weighted by molar-refractivity contribution is -0.119. The molecule has 0 radical (unpaired) electrons. The molecular weight excluding hydrogens is 312 g/mol. The number of carbonyl (C=O) groups is 2. The topological polar surface area (TPSA) is 116 Å². The third-order valence-electron chi connectivity index (χ3n) is 2.86. The summed E-state index contributed by atoms with van der Waals surface area (Å²) in [6, 6.07) is 8.25. The van der Waals surface area contributed by atoms with Gasteiger partial charge >= 0.3 is 0 Å². The van der Waals surface area contributed by atoms with Crippen LogP contribution in [-0.2, 0) is 4.79 Å². The second-order valence-corrected chi connectivity index (χ2v) is 4.61. The Morgan fingerprint density at radius 3 is 2.83 bits per heavy atom. The highest BCUT2D eigenvalue weighted by Gasteiger charge is 2.07. The molecule has 1 heterocycles. The summed E-state index contributed by atoms with van der Waals surface area (Å²) in [5, 5.41) is 3.87. The molecule has 0 atom stereocenters. The van der Waals surface area contributed by atoms with Crippen molar-refractivity contribution in [2.45, 2.75) is 0 Å². The van der Waals surface area contributed by atoms with Crippen molar-refractivity contribution in [3.8, 4) is 11.5 Å². The molecule has 24 heavy (non-hydrogen) atoms. The predicted octanol–water partition coefficient (Wildman–Crippen LogP) is 0.718. The number of ether oxygens (including phenoxy) is 2. The number of amides is 2. The van der Waals surface area contributed by atoms with Crippen LogP contribution in [0.4, 0.5) is 0 Å². The zero-order chi connectivity index (χ0) is 17.4. The van der Waals surface area contributed by atoms with E-state index in [9.17, 15) is 9.59 Å². The molecule has 0 saturated heterocycles. The maximum atomic E-state index is 11.8. The highest BCUT2D eigenvalue weighted by molar-refractivity contribution is 5.94. The van der Waals surface area contributed by atoms with Crippen molar-refractivity contribution in [3.05, 3.63) is 53.9 Å². The average molecular weight is 328 g/mol. The normalized spacial score (nSPS) is 10.4. The molecular formula is C16H16N4O4. The molecule has 0 saturated carbocycles. The first-order valence-electron chi connectivity index (χ1n) is 6.92. The molecule has 1 aromatic heterocycles. The lowest BCUT2D eigenvalue weighted by Gasteiger charge is -2.09. The molecule has 1 aromatic carbocycles. The summed E-state index contributed by atoms with van der Waals surface area (Å²) in [7, 11) is 1.47. The van der Waals surface area contributed by atoms with Crippen LogP contribution in [0.5, 0.6) is 11.5 Å². The number of carbonyl (C=O) groups excluding carboxylic acids is 2. The monoisotopic (exact) mass is 328 g/mol. The number of hydrogen-bond donors (Lipinski definition) is 2. The van der Waals surface area contributed by atoms with E-state index in [2.05, 4.69) is 15.5 Å². The van der Waals surface area contributed by atoms with E-state index in [1.54, 1.807) is 36.5 Å². The Kier molecular flexibility index (Phi) is 5.84. The molecule has 0 bridgehead atoms. The van der Waals surface area contributed by atoms with Gasteiger partial charge in [-0.05, 0) is 35.9 Å². The second-order valence-electron chi connectivity index (χ2n) is 4.61. The molecule has 8 heteroatoms. The molecule has 0 fully saturated rings. The molecule has 2 amide bonds. The van der Waals surface area contributed by atoms with Crippen LogP contribution in [0, 0.1) is 0 Å². The second kappa shape index (κ2) is 8.28. The Bertz CT molecular complexity index is 747. The van der Waals surface area contributed by atoms with Gasteiger partial charge in [0.05, 0.1) is 18.9 Å². The van der Waals surface area contributed by atoms with Crippen LogP contribution in [0.1, 0.15) is 15.9 Å². The van der Waals surface area contributed by atoms with Gasteiger partial charge in [0.2, 0.25) is 0 Å². The number of hydrogen-bond acceptors (Lipinski definition) is 6. The van der Waals surface area contributed by atoms with Crippen LogP contribution in [0.15, 0.2) is 47.8 Å². The zero-order valence-corrected chi connectivity index (χ0v) is 12.9. The molecule has 124 valence electrons. The van der Waals surface area contributed by atoms with Crippen molar-refractivity contribution < 1.29 is 19.1 Å². The molecule has 0 unspecified atom stereocenters. The highest BCUT2D eigenvalue weighted by atomic mass is 16.5. The van der Waals surface area contributed by atoms with Crippen molar-refractivity contribution in [2.24, 2.45) is 10.8 Å². The van der Waals surface area contributed by atoms with Crippen molar-refractivity contribution in [1.29, 1.82) is 0 Å². The van der Waals surface area contributed by atoms with Gasteiger partial charge in [-0.2, -0.15) is 5.10 Å². The number of nitrogens with two attached hydrogens (primary N) is 1. The lowest BCUT2D eigenvalue weighted by Crippen LogP contribution is -2.20. The summed E-state index contributed by atoms with van der Waals surface area (Å²) in [4.78, 5) is 26.4. The first-order chi connectivity index (χ1) is 11.6. The number of aromatic nitrogens is 1. The van der Waals surface area contributed by atoms with Gasteiger partial charge in [-0.15, -0.1) is 0 Å². The van der Waals surface area contributed by atoms with E-state index in [0.717, 1.165) is 0 Å². The smallest absolute Gasteiger partial charge is 0.272 e. The van der Waals surface area contributed by atoms with Crippen LogP contribution < -0.4 is 20.6 Å². The van der Waals surface area contributed by atoms with Gasteiger partial charge in [-0.1, -0.05) is 0 Å². The minimum Gasteiger partial charge on any atom is -0.493 e. The zero-order valence-electron chi connectivity index (χ0n) is 12.9. The van der Waals surface area contributed by atoms with Gasteiger partial charge in [-0.3, -0.25) is 14.6 Å². The van der Waals surface area contributed by atoms with Crippen molar-refractivity contribution in [3.63, 3.8) is 0 Å². The Morgan fingerprint density at radius 1 is 1.33 bits per heavy atom. The maximum absolute atomic E-state index is 11.8. The number of nitrogens with one attached hydrogen (secondary N) is 1. The Hall–Kier alpha value is -3.42. The van der Waals surface area contributed by atoms with E-state index in [0.29, 0.717) is 22.6 Å². The summed E-state index contributed by atoms with van der Waals surface area (Å²) in [6.45, 7) is -0.245. The number of hydrazone groups is 1. The van der Waals surface area contributed by atoms with E-state index in [4.69, 9.17) is 15.2 Å². The molecule has 0 aliphatic carbocycles. The average Bonchev–Trinajstić information content (AvgIpc) is 2.61. The van der Waals surface area contributed by atoms with Crippen LogP contribution in [0.2, 0.25) is 0 Å². The Morgan fingerprint density at radius 2 is 2.17 bits per heavy atom. The number of methoxy groups -OCH3 is 1. The Labute approximate surface area is 138 Å². The number of nitrogens with zero attached hydrogens (tertiary/aromatic N) is 2. The number of benzene rings is 1. The van der Waals surface area contributed by atoms with Gasteiger partial charge in [-0.25, -0.2) is 5.43 Å². The van der Waals surface area contributed by atoms with E-state index >= 15 is 0 Å². The van der Waals surface area contributed by atoms with Gasteiger partial charge in [0.1, 0.15) is 0 Å². The molecule has 8 nitrogen and oxygen atoms in total. The fraction of sp³-hybridized carbons (Fsp3) is 0.125. The number of rotatable bonds is 7. The van der Waals surface area contributed by atoms with Crippen molar-refractivity contribution in [1.82, 2.24) is 10.4 Å². The van der Waals surface area contributed by atoms with E-state index in [1.807, 2.05) is 0 Å². The quantitative estimate of drug-likeness (QED) is 0.574. The summed E-state index contributed by atoms with van der Waals surface area (Å²) in [5.41, 5.74) is 8.51. The molecule has 0 spiro atoms. The minimum atomic E-state index is -0.583. The number of pyridine rings is 1. The third-order valence-corrected chi connectivity index (χ3v) is 2.86. The Balaban J connectivity index is 2.01. The van der Waals surface area contributed by atoms with Crippen molar-refractivity contribution >= 4 is 18.0 Å². The minimum absolute atomic E-state index is 0.245. The summed E-state index contributed by atoms with van der Waals surface area (Å²) in [6.07, 6.45) is 4.47. The maximum Gasteiger partial charge on any atom is 0.272 e. The fourth-order valence-corrected chi connectivity index (χ4v) is 1.76. The molecule has 2 rings (SSSR count). The van der Waals surface area contributed by atoms with E-state index in [1.165, 1.54) is 19.5 Å². The fourth-order valence-electron chi connectivity index (χ4n) is 1.76. The largest absolute Gasteiger partial charge is 0.493 e. The van der Waals surface area contributed by atoms with Gasteiger partial charge < -0.3 is 15.2 Å². The summed E-state index contributed by atoms with van der Waals surface area (Å²) >= 11 is 0. The standard InChI is InChI=1S/C16H16N4O4/c1-23-14-7-11(4-5-13(14)24-10-15(17)21)8-19-20-16(22)12-3-2-6-18-9-12/h2-9H,10H2,1H3,(H2,17,21)(H,20,22)/b19-8+. The van der Waals surface area contributed by atoms with Crippen LogP contribution in [0.25, 0.3) is 0 Å². The SMILES string of the molecule is COc1cc(/C=N/NC(=O)c2cccnc2)ccc1OCC(N)=O. The first kappa shape index (κ1) is 16.9. The van der Waals surface area contributed by atoms with E-state index < -0.39 is 5.91 Å². The lowest BCUT2D eigenvalue weighted by atomic mass is 10.2. The van der Waals surface area contributed by atoms with Crippen LogP contribution >= 0.6 is 0 Å². The first-order valence-corrected chi connectivity index (χ1v) is 6.92. The van der Waals surface area contributed by atoms with Crippen LogP contribution in [-0.4, -0.2) is 36.7 Å².